The van der Waals surface area contributed by atoms with E-state index in [0.717, 1.165) is 0 Å². The summed E-state index contributed by atoms with van der Waals surface area (Å²) in [6.45, 7) is 1.17. The number of benzene rings is 1. The summed E-state index contributed by atoms with van der Waals surface area (Å²) in [5, 5.41) is 0. The van der Waals surface area contributed by atoms with Crippen molar-refractivity contribution in [3.8, 4) is 5.75 Å². The highest BCUT2D eigenvalue weighted by Crippen LogP contribution is 2.19. The van der Waals surface area contributed by atoms with Gasteiger partial charge in [-0.3, -0.25) is 4.79 Å². The van der Waals surface area contributed by atoms with Gasteiger partial charge in [0.2, 0.25) is 0 Å². The second kappa shape index (κ2) is 5.07. The minimum atomic E-state index is -0.405. The van der Waals surface area contributed by atoms with Gasteiger partial charge in [0.15, 0.2) is 0 Å². The van der Waals surface area contributed by atoms with Gasteiger partial charge in [0.1, 0.15) is 11.6 Å². The Kier molecular flexibility index (Phi) is 3.51. The van der Waals surface area contributed by atoms with Crippen LogP contribution >= 0.6 is 0 Å². The maximum atomic E-state index is 12.8. The van der Waals surface area contributed by atoms with Crippen LogP contribution in [0.4, 0.5) is 4.39 Å². The Bertz CT molecular complexity index is 372. The van der Waals surface area contributed by atoms with Crippen molar-refractivity contribution in [1.29, 1.82) is 0 Å². The molecule has 0 spiro atoms. The van der Waals surface area contributed by atoms with Crippen LogP contribution in [0.15, 0.2) is 24.3 Å². The molecular formula is C12H13FO3. The van der Waals surface area contributed by atoms with E-state index in [-0.39, 0.29) is 17.6 Å². The van der Waals surface area contributed by atoms with Crippen LogP contribution in [0.2, 0.25) is 0 Å². The molecule has 3 nitrogen and oxygen atoms in total. The minimum Gasteiger partial charge on any atom is -0.426 e. The number of hydrogen-bond donors (Lipinski definition) is 0. The monoisotopic (exact) mass is 224 g/mol. The summed E-state index contributed by atoms with van der Waals surface area (Å²) < 4.78 is 23.1. The molecule has 0 N–H and O–H groups in total. The van der Waals surface area contributed by atoms with E-state index in [1.165, 1.54) is 18.2 Å². The Morgan fingerprint density at radius 2 is 2.12 bits per heavy atom. The Labute approximate surface area is 93.2 Å². The van der Waals surface area contributed by atoms with Crippen LogP contribution in [0.25, 0.3) is 0 Å². The molecule has 0 atom stereocenters. The molecule has 0 bridgehead atoms. The molecule has 0 amide bonds. The number of carbonyl (C=O) groups excluding carboxylic acids is 1. The molecule has 0 aromatic heterocycles. The van der Waals surface area contributed by atoms with Crippen molar-refractivity contribution in [3.05, 3.63) is 30.1 Å². The van der Waals surface area contributed by atoms with Gasteiger partial charge < -0.3 is 9.47 Å². The molecule has 86 valence electrons. The van der Waals surface area contributed by atoms with Gasteiger partial charge in [-0.2, -0.15) is 0 Å². The summed E-state index contributed by atoms with van der Waals surface area (Å²) in [7, 11) is 0. The van der Waals surface area contributed by atoms with Gasteiger partial charge in [0, 0.05) is 19.3 Å². The van der Waals surface area contributed by atoms with Crippen LogP contribution in [0.3, 0.4) is 0 Å². The van der Waals surface area contributed by atoms with Crippen molar-refractivity contribution in [2.24, 2.45) is 5.92 Å². The molecule has 16 heavy (non-hydrogen) atoms. The van der Waals surface area contributed by atoms with E-state index in [1.54, 1.807) is 6.07 Å². The third-order valence-electron chi connectivity index (χ3n) is 2.57. The molecule has 1 fully saturated rings. The largest absolute Gasteiger partial charge is 0.426 e. The average molecular weight is 224 g/mol. The molecule has 1 aliphatic heterocycles. The van der Waals surface area contributed by atoms with Gasteiger partial charge in [0.25, 0.3) is 0 Å². The number of ether oxygens (including phenoxy) is 2. The van der Waals surface area contributed by atoms with E-state index in [2.05, 4.69) is 0 Å². The summed E-state index contributed by atoms with van der Waals surface area (Å²) in [6, 6.07) is 5.60. The zero-order valence-electron chi connectivity index (χ0n) is 8.82. The van der Waals surface area contributed by atoms with E-state index in [1.807, 2.05) is 0 Å². The normalized spacial score (nSPS) is 17.1. The molecule has 2 rings (SSSR count). The Morgan fingerprint density at radius 1 is 1.38 bits per heavy atom. The van der Waals surface area contributed by atoms with Gasteiger partial charge >= 0.3 is 5.97 Å². The summed E-state index contributed by atoms with van der Waals surface area (Å²) in [6.07, 6.45) is 1.35. The SMILES string of the molecule is O=C(Oc1cccc(F)c1)C1CCOCC1. The first-order valence-electron chi connectivity index (χ1n) is 5.31. The van der Waals surface area contributed by atoms with Crippen LogP contribution in [-0.2, 0) is 9.53 Å². The van der Waals surface area contributed by atoms with Crippen molar-refractivity contribution in [2.45, 2.75) is 12.8 Å². The van der Waals surface area contributed by atoms with Crippen LogP contribution in [-0.4, -0.2) is 19.2 Å². The Hall–Kier alpha value is -1.42. The van der Waals surface area contributed by atoms with Crippen molar-refractivity contribution in [2.75, 3.05) is 13.2 Å². The summed E-state index contributed by atoms with van der Waals surface area (Å²) >= 11 is 0. The topological polar surface area (TPSA) is 35.5 Å². The van der Waals surface area contributed by atoms with Crippen molar-refractivity contribution < 1.29 is 18.7 Å². The fourth-order valence-corrected chi connectivity index (χ4v) is 1.66. The second-order valence-electron chi connectivity index (χ2n) is 3.77. The van der Waals surface area contributed by atoms with E-state index < -0.39 is 5.82 Å². The number of rotatable bonds is 2. The molecule has 0 aliphatic carbocycles. The maximum absolute atomic E-state index is 12.8. The average Bonchev–Trinajstić information content (AvgIpc) is 2.30. The first-order valence-corrected chi connectivity index (χ1v) is 5.31. The zero-order valence-corrected chi connectivity index (χ0v) is 8.82. The van der Waals surface area contributed by atoms with E-state index >= 15 is 0 Å². The summed E-state index contributed by atoms with van der Waals surface area (Å²) in [5.41, 5.74) is 0. The molecule has 4 heteroatoms. The lowest BCUT2D eigenvalue weighted by Gasteiger charge is -2.20. The number of hydrogen-bond acceptors (Lipinski definition) is 3. The summed E-state index contributed by atoms with van der Waals surface area (Å²) in [4.78, 5) is 11.7. The predicted octanol–water partition coefficient (Wildman–Crippen LogP) is 2.16. The molecule has 0 radical (unpaired) electrons. The van der Waals surface area contributed by atoms with Gasteiger partial charge in [-0.1, -0.05) is 6.07 Å². The molecule has 1 heterocycles. The molecule has 0 saturated carbocycles. The quantitative estimate of drug-likeness (QED) is 0.570. The van der Waals surface area contributed by atoms with Crippen LogP contribution in [0, 0.1) is 11.7 Å². The first-order chi connectivity index (χ1) is 7.75. The summed E-state index contributed by atoms with van der Waals surface area (Å²) in [5.74, 6) is -0.570. The van der Waals surface area contributed by atoms with Gasteiger partial charge in [0.05, 0.1) is 5.92 Å². The fraction of sp³-hybridized carbons (Fsp3) is 0.417. The molecule has 0 unspecified atom stereocenters. The lowest BCUT2D eigenvalue weighted by atomic mass is 10.0. The highest BCUT2D eigenvalue weighted by atomic mass is 19.1. The van der Waals surface area contributed by atoms with Crippen LogP contribution in [0.1, 0.15) is 12.8 Å². The van der Waals surface area contributed by atoms with Gasteiger partial charge in [-0.15, -0.1) is 0 Å². The number of halogens is 1. The van der Waals surface area contributed by atoms with Crippen molar-refractivity contribution in [3.63, 3.8) is 0 Å². The van der Waals surface area contributed by atoms with Gasteiger partial charge in [-0.25, -0.2) is 4.39 Å². The Balaban J connectivity index is 1.96. The third kappa shape index (κ3) is 2.79. The van der Waals surface area contributed by atoms with Crippen molar-refractivity contribution >= 4 is 5.97 Å². The molecule has 1 aromatic rings. The lowest BCUT2D eigenvalue weighted by Crippen LogP contribution is -2.27. The third-order valence-corrected chi connectivity index (χ3v) is 2.57. The molecule has 1 saturated heterocycles. The first kappa shape index (κ1) is 11.1. The predicted molar refractivity (Wildman–Crippen MR) is 55.6 cm³/mol. The minimum absolute atomic E-state index is 0.128. The Morgan fingerprint density at radius 3 is 2.81 bits per heavy atom. The van der Waals surface area contributed by atoms with Crippen LogP contribution < -0.4 is 4.74 Å². The van der Waals surface area contributed by atoms with E-state index in [0.29, 0.717) is 26.1 Å². The fourth-order valence-electron chi connectivity index (χ4n) is 1.66. The standard InChI is InChI=1S/C12H13FO3/c13-10-2-1-3-11(8-10)16-12(14)9-4-6-15-7-5-9/h1-3,8-9H,4-7H2. The highest BCUT2D eigenvalue weighted by Gasteiger charge is 2.23. The van der Waals surface area contributed by atoms with Crippen molar-refractivity contribution in [1.82, 2.24) is 0 Å². The number of esters is 1. The zero-order chi connectivity index (χ0) is 11.4. The maximum Gasteiger partial charge on any atom is 0.314 e. The van der Waals surface area contributed by atoms with Gasteiger partial charge in [-0.05, 0) is 25.0 Å². The lowest BCUT2D eigenvalue weighted by molar-refractivity contribution is -0.142. The number of carbonyl (C=O) groups is 1. The molecule has 1 aromatic carbocycles. The highest BCUT2D eigenvalue weighted by molar-refractivity contribution is 5.75. The van der Waals surface area contributed by atoms with Crippen LogP contribution in [0.5, 0.6) is 5.75 Å². The smallest absolute Gasteiger partial charge is 0.314 e. The van der Waals surface area contributed by atoms with E-state index in [9.17, 15) is 9.18 Å². The molecular weight excluding hydrogens is 211 g/mol. The second-order valence-corrected chi connectivity index (χ2v) is 3.77. The molecule has 1 aliphatic rings. The van der Waals surface area contributed by atoms with E-state index in [4.69, 9.17) is 9.47 Å².